The Morgan fingerprint density at radius 1 is 1.13 bits per heavy atom. The van der Waals surface area contributed by atoms with Gasteiger partial charge in [-0.2, -0.15) is 0 Å². The highest BCUT2D eigenvalue weighted by Crippen LogP contribution is 2.24. The van der Waals surface area contributed by atoms with Gasteiger partial charge in [-0.15, -0.1) is 0 Å². The van der Waals surface area contributed by atoms with E-state index in [2.05, 4.69) is 10.3 Å². The number of hydrogen-bond acceptors (Lipinski definition) is 6. The number of fused-ring (bicyclic) bond motifs is 3. The standard InChI is InChI=1S/C21H18N4O4S/c1-24(2)21(28)30-14-9-7-13(8-10-14)23-17(26)11-25-12-22-18-15-5-3-4-6-16(15)29-19(18)20(25)27/h3-10,12H,11H2,1-2H3,(H,23,26). The topological polar surface area (TPSA) is 97.4 Å². The van der Waals surface area contributed by atoms with Gasteiger partial charge in [0.05, 0.1) is 6.33 Å². The maximum Gasteiger partial charge on any atom is 0.297 e. The van der Waals surface area contributed by atoms with Gasteiger partial charge >= 0.3 is 0 Å². The summed E-state index contributed by atoms with van der Waals surface area (Å²) >= 11 is 1.10. The summed E-state index contributed by atoms with van der Waals surface area (Å²) in [6.45, 7) is -0.200. The molecule has 0 spiro atoms. The third-order valence-electron chi connectivity index (χ3n) is 4.37. The summed E-state index contributed by atoms with van der Waals surface area (Å²) in [7, 11) is 3.37. The quantitative estimate of drug-likeness (QED) is 0.505. The van der Waals surface area contributed by atoms with Gasteiger partial charge in [0.15, 0.2) is 0 Å². The molecular formula is C21H18N4O4S. The van der Waals surface area contributed by atoms with Crippen molar-refractivity contribution in [3.8, 4) is 0 Å². The lowest BCUT2D eigenvalue weighted by Gasteiger charge is -2.10. The fourth-order valence-corrected chi connectivity index (χ4v) is 3.54. The van der Waals surface area contributed by atoms with Crippen molar-refractivity contribution in [1.29, 1.82) is 0 Å². The van der Waals surface area contributed by atoms with Crippen LogP contribution in [0.25, 0.3) is 22.1 Å². The van der Waals surface area contributed by atoms with Crippen molar-refractivity contribution in [1.82, 2.24) is 14.5 Å². The first-order valence-electron chi connectivity index (χ1n) is 9.08. The summed E-state index contributed by atoms with van der Waals surface area (Å²) in [5, 5.41) is 3.41. The smallest absolute Gasteiger partial charge is 0.297 e. The van der Waals surface area contributed by atoms with Crippen LogP contribution in [0.1, 0.15) is 0 Å². The lowest BCUT2D eigenvalue weighted by Crippen LogP contribution is -2.27. The Morgan fingerprint density at radius 3 is 2.60 bits per heavy atom. The third-order valence-corrected chi connectivity index (χ3v) is 5.42. The number of thioether (sulfide) groups is 1. The molecule has 2 heterocycles. The molecule has 0 fully saturated rings. The van der Waals surface area contributed by atoms with E-state index in [0.717, 1.165) is 22.0 Å². The number of aromatic nitrogens is 2. The molecule has 2 amide bonds. The summed E-state index contributed by atoms with van der Waals surface area (Å²) < 4.78 is 6.83. The molecule has 0 radical (unpaired) electrons. The average Bonchev–Trinajstić information content (AvgIpc) is 3.11. The fraction of sp³-hybridized carbons (Fsp3) is 0.143. The molecule has 0 unspecified atom stereocenters. The second-order valence-corrected chi connectivity index (χ2v) is 7.81. The number of carbonyl (C=O) groups is 2. The Hall–Kier alpha value is -3.59. The van der Waals surface area contributed by atoms with Gasteiger partial charge in [0.2, 0.25) is 11.5 Å². The van der Waals surface area contributed by atoms with E-state index in [9.17, 15) is 14.4 Å². The van der Waals surface area contributed by atoms with Crippen molar-refractivity contribution in [3.63, 3.8) is 0 Å². The van der Waals surface area contributed by atoms with Crippen LogP contribution in [0.15, 0.2) is 69.0 Å². The number of rotatable bonds is 4. The van der Waals surface area contributed by atoms with Crippen LogP contribution in [-0.4, -0.2) is 39.7 Å². The zero-order valence-corrected chi connectivity index (χ0v) is 17.1. The number of carbonyl (C=O) groups excluding carboxylic acids is 2. The molecule has 0 saturated heterocycles. The average molecular weight is 422 g/mol. The highest BCUT2D eigenvalue weighted by atomic mass is 32.2. The molecule has 2 aromatic heterocycles. The number of hydrogen-bond donors (Lipinski definition) is 1. The molecule has 9 heteroatoms. The molecule has 0 aliphatic carbocycles. The molecule has 4 aromatic rings. The Kier molecular flexibility index (Phi) is 5.28. The van der Waals surface area contributed by atoms with Gasteiger partial charge in [0.1, 0.15) is 17.6 Å². The predicted octanol–water partition coefficient (Wildman–Crippen LogP) is 3.56. The summed E-state index contributed by atoms with van der Waals surface area (Å²) in [6, 6.07) is 14.2. The number of nitrogens with zero attached hydrogens (tertiary/aromatic N) is 3. The SMILES string of the molecule is CN(C)C(=O)Sc1ccc(NC(=O)Cn2cnc3c(oc4ccccc43)c2=O)cc1. The van der Waals surface area contributed by atoms with Gasteiger partial charge in [0.25, 0.3) is 10.8 Å². The van der Waals surface area contributed by atoms with Crippen molar-refractivity contribution >= 4 is 50.7 Å². The van der Waals surface area contributed by atoms with Crippen LogP contribution >= 0.6 is 11.8 Å². The molecule has 0 saturated carbocycles. The van der Waals surface area contributed by atoms with E-state index >= 15 is 0 Å². The molecule has 0 aliphatic heterocycles. The molecule has 4 rings (SSSR count). The predicted molar refractivity (Wildman–Crippen MR) is 116 cm³/mol. The van der Waals surface area contributed by atoms with E-state index < -0.39 is 5.56 Å². The van der Waals surface area contributed by atoms with E-state index in [1.165, 1.54) is 15.8 Å². The zero-order valence-electron chi connectivity index (χ0n) is 16.3. The van der Waals surface area contributed by atoms with Gasteiger partial charge in [-0.3, -0.25) is 19.0 Å². The van der Waals surface area contributed by atoms with Crippen LogP contribution in [0.5, 0.6) is 0 Å². The summed E-state index contributed by atoms with van der Waals surface area (Å²) in [4.78, 5) is 43.4. The van der Waals surface area contributed by atoms with Gasteiger partial charge in [-0.25, -0.2) is 4.98 Å². The van der Waals surface area contributed by atoms with E-state index in [4.69, 9.17) is 4.42 Å². The Labute approximate surface area is 175 Å². The van der Waals surface area contributed by atoms with Crippen molar-refractivity contribution < 1.29 is 14.0 Å². The minimum atomic E-state index is -0.416. The molecule has 152 valence electrons. The molecule has 1 N–H and O–H groups in total. The molecule has 0 bridgehead atoms. The van der Waals surface area contributed by atoms with Gasteiger partial charge in [0, 0.05) is 30.1 Å². The molecular weight excluding hydrogens is 404 g/mol. The molecule has 0 aliphatic rings. The molecule has 30 heavy (non-hydrogen) atoms. The Balaban J connectivity index is 1.48. The molecule has 8 nitrogen and oxygen atoms in total. The number of nitrogens with one attached hydrogen (secondary N) is 1. The largest absolute Gasteiger partial charge is 0.448 e. The van der Waals surface area contributed by atoms with Gasteiger partial charge in [-0.05, 0) is 48.2 Å². The molecule has 0 atom stereocenters. The number of anilines is 1. The van der Waals surface area contributed by atoms with E-state index in [-0.39, 0.29) is 23.3 Å². The Morgan fingerprint density at radius 2 is 1.87 bits per heavy atom. The van der Waals surface area contributed by atoms with Crippen molar-refractivity contribution in [2.45, 2.75) is 11.4 Å². The number of amides is 2. The normalized spacial score (nSPS) is 11.0. The van der Waals surface area contributed by atoms with Gasteiger partial charge in [-0.1, -0.05) is 12.1 Å². The summed E-state index contributed by atoms with van der Waals surface area (Å²) in [5.74, 6) is -0.376. The van der Waals surface area contributed by atoms with Crippen LogP contribution in [0.3, 0.4) is 0 Å². The van der Waals surface area contributed by atoms with E-state index in [0.29, 0.717) is 16.8 Å². The first-order chi connectivity index (χ1) is 14.4. The minimum absolute atomic E-state index is 0.0837. The molecule has 2 aromatic carbocycles. The third kappa shape index (κ3) is 3.92. The highest BCUT2D eigenvalue weighted by Gasteiger charge is 2.14. The van der Waals surface area contributed by atoms with Gasteiger partial charge < -0.3 is 14.6 Å². The summed E-state index contributed by atoms with van der Waals surface area (Å²) in [5.41, 5.74) is 1.32. The lowest BCUT2D eigenvalue weighted by molar-refractivity contribution is -0.116. The lowest BCUT2D eigenvalue weighted by atomic mass is 10.2. The summed E-state index contributed by atoms with van der Waals surface area (Å²) in [6.07, 6.45) is 1.35. The van der Waals surface area contributed by atoms with E-state index in [1.54, 1.807) is 44.4 Å². The number of para-hydroxylation sites is 1. The second kappa shape index (κ2) is 8.03. The Bertz CT molecular complexity index is 1310. The second-order valence-electron chi connectivity index (χ2n) is 6.79. The van der Waals surface area contributed by atoms with Crippen molar-refractivity contribution in [3.05, 3.63) is 65.2 Å². The van der Waals surface area contributed by atoms with Crippen LogP contribution in [-0.2, 0) is 11.3 Å². The van der Waals surface area contributed by atoms with Crippen molar-refractivity contribution in [2.75, 3.05) is 19.4 Å². The first kappa shape index (κ1) is 19.7. The van der Waals surface area contributed by atoms with Crippen molar-refractivity contribution in [2.24, 2.45) is 0 Å². The zero-order chi connectivity index (χ0) is 21.3. The maximum atomic E-state index is 12.7. The maximum absolute atomic E-state index is 12.7. The van der Waals surface area contributed by atoms with Crippen LogP contribution < -0.4 is 10.9 Å². The number of furan rings is 1. The first-order valence-corrected chi connectivity index (χ1v) is 9.90. The van der Waals surface area contributed by atoms with Crippen LogP contribution in [0, 0.1) is 0 Å². The van der Waals surface area contributed by atoms with E-state index in [1.807, 2.05) is 18.2 Å². The van der Waals surface area contributed by atoms with Crippen LogP contribution in [0.4, 0.5) is 10.5 Å². The highest BCUT2D eigenvalue weighted by molar-refractivity contribution is 8.13. The fourth-order valence-electron chi connectivity index (χ4n) is 2.88. The number of benzene rings is 2. The van der Waals surface area contributed by atoms with Crippen LogP contribution in [0.2, 0.25) is 0 Å². The minimum Gasteiger partial charge on any atom is -0.448 e. The monoisotopic (exact) mass is 422 g/mol.